The number of halogens is 1. The van der Waals surface area contributed by atoms with Gasteiger partial charge in [-0.2, -0.15) is 0 Å². The Bertz CT molecular complexity index is 371. The molecular weight excluding hydrogens is 244 g/mol. The summed E-state index contributed by atoms with van der Waals surface area (Å²) in [6, 6.07) is 8.49. The fourth-order valence-corrected chi connectivity index (χ4v) is 2.85. The predicted molar refractivity (Wildman–Crippen MR) is 79.5 cm³/mol. The lowest BCUT2D eigenvalue weighted by molar-refractivity contribution is 0.231. The Morgan fingerprint density at radius 3 is 2.39 bits per heavy atom. The standard InChI is InChI=1S/C15H23ClN2/c1-13(2)12-17-7-9-18(10-8-17)15-6-4-3-5-14(15)11-16/h3-6,13H,7-12H2,1-2H3. The Balaban J connectivity index is 1.97. The van der Waals surface area contributed by atoms with Crippen molar-refractivity contribution in [2.24, 2.45) is 5.92 Å². The number of anilines is 1. The van der Waals surface area contributed by atoms with E-state index in [1.54, 1.807) is 0 Å². The minimum atomic E-state index is 0.600. The average molecular weight is 267 g/mol. The zero-order valence-corrected chi connectivity index (χ0v) is 12.2. The Morgan fingerprint density at radius 2 is 1.78 bits per heavy atom. The zero-order chi connectivity index (χ0) is 13.0. The fraction of sp³-hybridized carbons (Fsp3) is 0.600. The number of rotatable bonds is 4. The quantitative estimate of drug-likeness (QED) is 0.773. The SMILES string of the molecule is CC(C)CN1CCN(c2ccccc2CCl)CC1. The molecule has 0 aromatic heterocycles. The van der Waals surface area contributed by atoms with Crippen molar-refractivity contribution in [3.05, 3.63) is 29.8 Å². The largest absolute Gasteiger partial charge is 0.369 e. The van der Waals surface area contributed by atoms with Crippen LogP contribution in [0.4, 0.5) is 5.69 Å². The van der Waals surface area contributed by atoms with Gasteiger partial charge in [0.2, 0.25) is 0 Å². The van der Waals surface area contributed by atoms with Gasteiger partial charge < -0.3 is 4.90 Å². The molecular formula is C15H23ClN2. The van der Waals surface area contributed by atoms with E-state index < -0.39 is 0 Å². The summed E-state index contributed by atoms with van der Waals surface area (Å²) in [6.07, 6.45) is 0. The van der Waals surface area contributed by atoms with Gasteiger partial charge >= 0.3 is 0 Å². The summed E-state index contributed by atoms with van der Waals surface area (Å²) in [4.78, 5) is 5.03. The van der Waals surface area contributed by atoms with Crippen LogP contribution in [0.15, 0.2) is 24.3 Å². The molecule has 100 valence electrons. The Labute approximate surface area is 116 Å². The van der Waals surface area contributed by atoms with Gasteiger partial charge in [0.15, 0.2) is 0 Å². The Hall–Kier alpha value is -0.730. The third-order valence-corrected chi connectivity index (χ3v) is 3.76. The molecule has 0 bridgehead atoms. The molecule has 18 heavy (non-hydrogen) atoms. The summed E-state index contributed by atoms with van der Waals surface area (Å²) in [6.45, 7) is 10.3. The van der Waals surface area contributed by atoms with E-state index in [0.29, 0.717) is 5.88 Å². The number of hydrogen-bond acceptors (Lipinski definition) is 2. The summed E-state index contributed by atoms with van der Waals surface area (Å²) in [5, 5.41) is 0. The molecule has 2 nitrogen and oxygen atoms in total. The Kier molecular flexibility index (Phi) is 4.90. The molecule has 0 N–H and O–H groups in total. The molecule has 0 unspecified atom stereocenters. The third kappa shape index (κ3) is 3.39. The first-order chi connectivity index (χ1) is 8.70. The molecule has 1 saturated heterocycles. The van der Waals surface area contributed by atoms with E-state index in [4.69, 9.17) is 11.6 Å². The number of nitrogens with zero attached hydrogens (tertiary/aromatic N) is 2. The number of hydrogen-bond donors (Lipinski definition) is 0. The maximum Gasteiger partial charge on any atom is 0.0494 e. The van der Waals surface area contributed by atoms with Gasteiger partial charge in [-0.3, -0.25) is 4.90 Å². The molecule has 0 saturated carbocycles. The molecule has 3 heteroatoms. The maximum atomic E-state index is 6.01. The lowest BCUT2D eigenvalue weighted by Gasteiger charge is -2.37. The van der Waals surface area contributed by atoms with Crippen LogP contribution in [0.2, 0.25) is 0 Å². The molecule has 2 rings (SSSR count). The minimum absolute atomic E-state index is 0.600. The number of benzene rings is 1. The highest BCUT2D eigenvalue weighted by Crippen LogP contribution is 2.23. The van der Waals surface area contributed by atoms with Gasteiger partial charge in [0.1, 0.15) is 0 Å². The van der Waals surface area contributed by atoms with Crippen LogP contribution in [-0.4, -0.2) is 37.6 Å². The van der Waals surface area contributed by atoms with E-state index in [1.807, 2.05) is 0 Å². The molecule has 0 radical (unpaired) electrons. The minimum Gasteiger partial charge on any atom is -0.369 e. The molecule has 1 aliphatic heterocycles. The first-order valence-corrected chi connectivity index (χ1v) is 7.35. The third-order valence-electron chi connectivity index (χ3n) is 3.47. The normalized spacial score (nSPS) is 17.4. The van der Waals surface area contributed by atoms with Crippen molar-refractivity contribution in [2.75, 3.05) is 37.6 Å². The second kappa shape index (κ2) is 6.44. The van der Waals surface area contributed by atoms with Gasteiger partial charge in [0.25, 0.3) is 0 Å². The highest BCUT2D eigenvalue weighted by atomic mass is 35.5. The topological polar surface area (TPSA) is 6.48 Å². The zero-order valence-electron chi connectivity index (χ0n) is 11.4. The highest BCUT2D eigenvalue weighted by molar-refractivity contribution is 6.17. The van der Waals surface area contributed by atoms with Crippen LogP contribution >= 0.6 is 11.6 Å². The molecule has 1 aromatic rings. The first kappa shape index (κ1) is 13.7. The van der Waals surface area contributed by atoms with Crippen LogP contribution in [0.1, 0.15) is 19.4 Å². The molecule has 0 spiro atoms. The van der Waals surface area contributed by atoms with Gasteiger partial charge in [-0.1, -0.05) is 32.0 Å². The van der Waals surface area contributed by atoms with E-state index >= 15 is 0 Å². The van der Waals surface area contributed by atoms with Crippen molar-refractivity contribution in [3.63, 3.8) is 0 Å². The summed E-state index contributed by atoms with van der Waals surface area (Å²) in [7, 11) is 0. The molecule has 1 aromatic carbocycles. The van der Waals surface area contributed by atoms with Crippen LogP contribution < -0.4 is 4.90 Å². The first-order valence-electron chi connectivity index (χ1n) is 6.82. The number of alkyl halides is 1. The van der Waals surface area contributed by atoms with Crippen LogP contribution in [0.25, 0.3) is 0 Å². The molecule has 1 fully saturated rings. The average Bonchev–Trinajstić information content (AvgIpc) is 2.39. The van der Waals surface area contributed by atoms with Crippen molar-refractivity contribution in [1.82, 2.24) is 4.90 Å². The van der Waals surface area contributed by atoms with Crippen LogP contribution in [0.5, 0.6) is 0 Å². The maximum absolute atomic E-state index is 6.01. The summed E-state index contributed by atoms with van der Waals surface area (Å²) in [5.41, 5.74) is 2.56. The molecule has 0 amide bonds. The van der Waals surface area contributed by atoms with E-state index in [2.05, 4.69) is 47.9 Å². The number of para-hydroxylation sites is 1. The van der Waals surface area contributed by atoms with Crippen LogP contribution in [0.3, 0.4) is 0 Å². The molecule has 1 aliphatic rings. The van der Waals surface area contributed by atoms with Crippen LogP contribution in [0, 0.1) is 5.92 Å². The fourth-order valence-electron chi connectivity index (χ4n) is 2.62. The van der Waals surface area contributed by atoms with E-state index in [-0.39, 0.29) is 0 Å². The van der Waals surface area contributed by atoms with Crippen molar-refractivity contribution in [3.8, 4) is 0 Å². The smallest absolute Gasteiger partial charge is 0.0494 e. The number of piperazine rings is 1. The van der Waals surface area contributed by atoms with Gasteiger partial charge in [0, 0.05) is 44.3 Å². The van der Waals surface area contributed by atoms with Crippen LogP contribution in [-0.2, 0) is 5.88 Å². The molecule has 1 heterocycles. The van der Waals surface area contributed by atoms with E-state index in [1.165, 1.54) is 17.8 Å². The molecule has 0 atom stereocenters. The lowest BCUT2D eigenvalue weighted by Crippen LogP contribution is -2.47. The molecule has 0 aliphatic carbocycles. The predicted octanol–water partition coefficient (Wildman–Crippen LogP) is 3.20. The Morgan fingerprint density at radius 1 is 1.11 bits per heavy atom. The van der Waals surface area contributed by atoms with Gasteiger partial charge in [0.05, 0.1) is 0 Å². The van der Waals surface area contributed by atoms with Gasteiger partial charge in [-0.15, -0.1) is 11.6 Å². The van der Waals surface area contributed by atoms with Crippen molar-refractivity contribution in [1.29, 1.82) is 0 Å². The van der Waals surface area contributed by atoms with E-state index in [9.17, 15) is 0 Å². The van der Waals surface area contributed by atoms with Gasteiger partial charge in [-0.25, -0.2) is 0 Å². The summed E-state index contributed by atoms with van der Waals surface area (Å²) >= 11 is 6.01. The van der Waals surface area contributed by atoms with Crippen molar-refractivity contribution < 1.29 is 0 Å². The second-order valence-corrected chi connectivity index (χ2v) is 5.71. The summed E-state index contributed by atoms with van der Waals surface area (Å²) < 4.78 is 0. The summed E-state index contributed by atoms with van der Waals surface area (Å²) in [5.74, 6) is 1.36. The van der Waals surface area contributed by atoms with Gasteiger partial charge in [-0.05, 0) is 17.5 Å². The van der Waals surface area contributed by atoms with Crippen molar-refractivity contribution >= 4 is 17.3 Å². The highest BCUT2D eigenvalue weighted by Gasteiger charge is 2.18. The second-order valence-electron chi connectivity index (χ2n) is 5.44. The monoisotopic (exact) mass is 266 g/mol. The van der Waals surface area contributed by atoms with Crippen molar-refractivity contribution in [2.45, 2.75) is 19.7 Å². The van der Waals surface area contributed by atoms with E-state index in [0.717, 1.165) is 32.1 Å². The lowest BCUT2D eigenvalue weighted by atomic mass is 10.1.